The predicted molar refractivity (Wildman–Crippen MR) is 139 cm³/mol. The Bertz CT molecular complexity index is 1600. The summed E-state index contributed by atoms with van der Waals surface area (Å²) in [5.74, 6) is -0.966. The number of pyridine rings is 1. The standard InChI is InChI=1S/C28H23N5O3/c34-28(35)22-7-4-8-23-21(22)11-9-20(30-23)10-12-24-26(19-5-2-1-3-6-19)33-27(31-24)25(13-14-29-33)32-15-17-36-18-16-32/h1-14H,15-18H2,(H,34,35)/b12-10+. The minimum absolute atomic E-state index is 0.240. The molecule has 1 aliphatic rings. The van der Waals surface area contributed by atoms with Crippen LogP contribution >= 0.6 is 0 Å². The predicted octanol–water partition coefficient (Wildman–Crippen LogP) is 4.65. The van der Waals surface area contributed by atoms with Gasteiger partial charge in [-0.15, -0.1) is 0 Å². The topological polar surface area (TPSA) is 92.8 Å². The SMILES string of the molecule is O=C(O)c1cccc2nc(/C=C/c3nc4c(N5CCOCC5)ccnn4c3-c3ccccc3)ccc12. The van der Waals surface area contributed by atoms with Gasteiger partial charge < -0.3 is 14.7 Å². The van der Waals surface area contributed by atoms with Crippen LogP contribution in [0, 0.1) is 0 Å². The third kappa shape index (κ3) is 3.97. The van der Waals surface area contributed by atoms with Crippen molar-refractivity contribution in [1.29, 1.82) is 0 Å². The molecule has 0 atom stereocenters. The summed E-state index contributed by atoms with van der Waals surface area (Å²) >= 11 is 0. The van der Waals surface area contributed by atoms with Crippen LogP contribution in [0.5, 0.6) is 0 Å². The summed E-state index contributed by atoms with van der Waals surface area (Å²) in [5, 5.41) is 14.7. The van der Waals surface area contributed by atoms with Gasteiger partial charge in [-0.1, -0.05) is 36.4 Å². The number of carboxylic acids is 1. The molecule has 1 N–H and O–H groups in total. The number of carbonyl (C=O) groups is 1. The number of hydrogen-bond acceptors (Lipinski definition) is 6. The highest BCUT2D eigenvalue weighted by molar-refractivity contribution is 6.02. The molecule has 8 nitrogen and oxygen atoms in total. The molecule has 1 aliphatic heterocycles. The molecule has 2 aromatic carbocycles. The average Bonchev–Trinajstić information content (AvgIpc) is 3.31. The molecular formula is C28H23N5O3. The number of aromatic nitrogens is 4. The molecule has 0 spiro atoms. The number of carboxylic acid groups (broad SMARTS) is 1. The van der Waals surface area contributed by atoms with Gasteiger partial charge in [-0.3, -0.25) is 0 Å². The van der Waals surface area contributed by atoms with E-state index in [2.05, 4.69) is 15.0 Å². The maximum absolute atomic E-state index is 11.5. The Labute approximate surface area is 207 Å². The van der Waals surface area contributed by atoms with Crippen molar-refractivity contribution in [2.75, 3.05) is 31.2 Å². The minimum atomic E-state index is -0.966. The third-order valence-corrected chi connectivity index (χ3v) is 6.32. The van der Waals surface area contributed by atoms with Crippen molar-refractivity contribution in [3.63, 3.8) is 0 Å². The zero-order valence-electron chi connectivity index (χ0n) is 19.4. The fourth-order valence-electron chi connectivity index (χ4n) is 4.60. The summed E-state index contributed by atoms with van der Waals surface area (Å²) in [6, 6.07) is 20.8. The van der Waals surface area contributed by atoms with E-state index in [0.717, 1.165) is 41.4 Å². The van der Waals surface area contributed by atoms with Gasteiger partial charge in [0.25, 0.3) is 0 Å². The molecule has 5 aromatic rings. The first-order valence-corrected chi connectivity index (χ1v) is 11.8. The largest absolute Gasteiger partial charge is 0.478 e. The number of aromatic carboxylic acids is 1. The van der Waals surface area contributed by atoms with Gasteiger partial charge in [-0.2, -0.15) is 5.10 Å². The van der Waals surface area contributed by atoms with Crippen molar-refractivity contribution in [3.8, 4) is 11.3 Å². The number of ether oxygens (including phenoxy) is 1. The lowest BCUT2D eigenvalue weighted by molar-refractivity contribution is 0.0699. The van der Waals surface area contributed by atoms with Crippen LogP contribution in [0.1, 0.15) is 21.7 Å². The summed E-state index contributed by atoms with van der Waals surface area (Å²) in [5.41, 5.74) is 6.07. The molecule has 178 valence electrons. The van der Waals surface area contributed by atoms with Crippen LogP contribution in [0.4, 0.5) is 5.69 Å². The number of morpholine rings is 1. The van der Waals surface area contributed by atoms with Gasteiger partial charge >= 0.3 is 5.97 Å². The van der Waals surface area contributed by atoms with Crippen molar-refractivity contribution in [3.05, 3.63) is 89.9 Å². The Morgan fingerprint density at radius 1 is 0.917 bits per heavy atom. The number of benzene rings is 2. The highest BCUT2D eigenvalue weighted by atomic mass is 16.5. The number of nitrogens with zero attached hydrogens (tertiary/aromatic N) is 5. The molecule has 6 rings (SSSR count). The van der Waals surface area contributed by atoms with Crippen LogP contribution in [-0.2, 0) is 4.74 Å². The maximum Gasteiger partial charge on any atom is 0.336 e. The minimum Gasteiger partial charge on any atom is -0.478 e. The Kier molecular flexibility index (Phi) is 5.63. The summed E-state index contributed by atoms with van der Waals surface area (Å²) in [6.45, 7) is 2.98. The van der Waals surface area contributed by atoms with Crippen molar-refractivity contribution >= 4 is 40.4 Å². The molecule has 4 heterocycles. The Balaban J connectivity index is 1.46. The number of imidazole rings is 1. The highest BCUT2D eigenvalue weighted by Crippen LogP contribution is 2.30. The van der Waals surface area contributed by atoms with Crippen molar-refractivity contribution < 1.29 is 14.6 Å². The first kappa shape index (κ1) is 21.9. The fourth-order valence-corrected chi connectivity index (χ4v) is 4.60. The van der Waals surface area contributed by atoms with E-state index in [9.17, 15) is 9.90 Å². The molecule has 0 bridgehead atoms. The van der Waals surface area contributed by atoms with Crippen LogP contribution in [-0.4, -0.2) is 57.0 Å². The van der Waals surface area contributed by atoms with Crippen LogP contribution < -0.4 is 4.90 Å². The van der Waals surface area contributed by atoms with Crippen LogP contribution in [0.15, 0.2) is 72.9 Å². The van der Waals surface area contributed by atoms with Crippen LogP contribution in [0.2, 0.25) is 0 Å². The smallest absolute Gasteiger partial charge is 0.336 e. The highest BCUT2D eigenvalue weighted by Gasteiger charge is 2.20. The zero-order chi connectivity index (χ0) is 24.5. The van der Waals surface area contributed by atoms with E-state index >= 15 is 0 Å². The third-order valence-electron chi connectivity index (χ3n) is 6.32. The Morgan fingerprint density at radius 3 is 2.56 bits per heavy atom. The van der Waals surface area contributed by atoms with Crippen molar-refractivity contribution in [2.45, 2.75) is 0 Å². The van der Waals surface area contributed by atoms with Gasteiger partial charge in [-0.05, 0) is 42.5 Å². The molecule has 1 saturated heterocycles. The Hall–Kier alpha value is -4.56. The summed E-state index contributed by atoms with van der Waals surface area (Å²) in [4.78, 5) is 23.5. The van der Waals surface area contributed by atoms with E-state index in [1.54, 1.807) is 18.2 Å². The van der Waals surface area contributed by atoms with Gasteiger partial charge in [0.2, 0.25) is 0 Å². The molecular weight excluding hydrogens is 454 g/mol. The second-order valence-electron chi connectivity index (χ2n) is 8.51. The molecule has 0 saturated carbocycles. The second kappa shape index (κ2) is 9.24. The van der Waals surface area contributed by atoms with Gasteiger partial charge in [0.15, 0.2) is 5.65 Å². The van der Waals surface area contributed by atoms with Gasteiger partial charge in [0, 0.05) is 24.0 Å². The zero-order valence-corrected chi connectivity index (χ0v) is 19.4. The number of hydrogen-bond donors (Lipinski definition) is 1. The number of anilines is 1. The van der Waals surface area contributed by atoms with Gasteiger partial charge in [-0.25, -0.2) is 19.3 Å². The van der Waals surface area contributed by atoms with Crippen molar-refractivity contribution in [1.82, 2.24) is 19.6 Å². The molecule has 0 radical (unpaired) electrons. The average molecular weight is 478 g/mol. The molecule has 8 heteroatoms. The Morgan fingerprint density at radius 2 is 1.75 bits per heavy atom. The van der Waals surface area contributed by atoms with Crippen LogP contribution in [0.3, 0.4) is 0 Å². The molecule has 36 heavy (non-hydrogen) atoms. The molecule has 3 aromatic heterocycles. The summed E-state index contributed by atoms with van der Waals surface area (Å²) < 4.78 is 7.43. The summed E-state index contributed by atoms with van der Waals surface area (Å²) in [7, 11) is 0. The number of rotatable bonds is 5. The van der Waals surface area contributed by atoms with Gasteiger partial charge in [0.05, 0.1) is 47.6 Å². The van der Waals surface area contributed by atoms with E-state index in [1.165, 1.54) is 0 Å². The first-order chi connectivity index (χ1) is 17.7. The lowest BCUT2D eigenvalue weighted by atomic mass is 10.1. The van der Waals surface area contributed by atoms with E-state index in [-0.39, 0.29) is 5.56 Å². The van der Waals surface area contributed by atoms with Crippen LogP contribution in [0.25, 0.3) is 40.0 Å². The number of fused-ring (bicyclic) bond motifs is 2. The lowest BCUT2D eigenvalue weighted by Gasteiger charge is -2.28. The van der Waals surface area contributed by atoms with Crippen molar-refractivity contribution in [2.24, 2.45) is 0 Å². The molecule has 0 unspecified atom stereocenters. The molecule has 0 amide bonds. The first-order valence-electron chi connectivity index (χ1n) is 11.8. The van der Waals surface area contributed by atoms with E-state index in [1.807, 2.05) is 71.4 Å². The maximum atomic E-state index is 11.5. The lowest BCUT2D eigenvalue weighted by Crippen LogP contribution is -2.36. The van der Waals surface area contributed by atoms with E-state index in [0.29, 0.717) is 29.8 Å². The van der Waals surface area contributed by atoms with E-state index in [4.69, 9.17) is 9.72 Å². The van der Waals surface area contributed by atoms with Gasteiger partial charge in [0.1, 0.15) is 5.69 Å². The molecule has 0 aliphatic carbocycles. The normalized spacial score (nSPS) is 14.2. The monoisotopic (exact) mass is 477 g/mol. The van der Waals surface area contributed by atoms with E-state index < -0.39 is 5.97 Å². The summed E-state index contributed by atoms with van der Waals surface area (Å²) in [6.07, 6.45) is 5.65. The fraction of sp³-hybridized carbons (Fsp3) is 0.143. The quantitative estimate of drug-likeness (QED) is 0.394. The second-order valence-corrected chi connectivity index (χ2v) is 8.51. The molecule has 1 fully saturated rings.